The highest BCUT2D eigenvalue weighted by atomic mass is 16.4. The van der Waals surface area contributed by atoms with Crippen molar-refractivity contribution in [1.82, 2.24) is 15.5 Å². The summed E-state index contributed by atoms with van der Waals surface area (Å²) < 4.78 is 0. The molecule has 19 heavy (non-hydrogen) atoms. The van der Waals surface area contributed by atoms with E-state index >= 15 is 0 Å². The van der Waals surface area contributed by atoms with Gasteiger partial charge in [-0.15, -0.1) is 0 Å². The van der Waals surface area contributed by atoms with Crippen molar-refractivity contribution in [3.8, 4) is 0 Å². The topological polar surface area (TPSA) is 81.7 Å². The molecule has 0 rings (SSSR count). The summed E-state index contributed by atoms with van der Waals surface area (Å²) in [5, 5.41) is 14.3. The van der Waals surface area contributed by atoms with Gasteiger partial charge in [-0.05, 0) is 26.4 Å². The summed E-state index contributed by atoms with van der Waals surface area (Å²) in [6.45, 7) is 6.88. The second kappa shape index (κ2) is 8.74. The van der Waals surface area contributed by atoms with Gasteiger partial charge in [0.15, 0.2) is 0 Å². The van der Waals surface area contributed by atoms with E-state index in [0.29, 0.717) is 18.9 Å². The Morgan fingerprint density at radius 1 is 1.21 bits per heavy atom. The van der Waals surface area contributed by atoms with Crippen LogP contribution in [0.3, 0.4) is 0 Å². The summed E-state index contributed by atoms with van der Waals surface area (Å²) in [6.07, 6.45) is 0.433. The molecule has 0 aliphatic rings. The van der Waals surface area contributed by atoms with E-state index in [1.807, 2.05) is 19.0 Å². The van der Waals surface area contributed by atoms with Gasteiger partial charge in [-0.3, -0.25) is 4.79 Å². The predicted molar refractivity (Wildman–Crippen MR) is 75.1 cm³/mol. The standard InChI is InChI=1S/C13H27N3O3/c1-9(2)11(8-16(4)5)15-13(19)14-7-6-10(3)12(17)18/h9-11H,6-8H2,1-5H3,(H,17,18)(H2,14,15,19). The number of rotatable bonds is 8. The highest BCUT2D eigenvalue weighted by Gasteiger charge is 2.17. The molecule has 0 fully saturated rings. The molecular formula is C13H27N3O3. The molecule has 0 heterocycles. The van der Waals surface area contributed by atoms with Gasteiger partial charge in [0.2, 0.25) is 0 Å². The number of hydrogen-bond acceptors (Lipinski definition) is 3. The predicted octanol–water partition coefficient (Wildman–Crippen LogP) is 0.983. The van der Waals surface area contributed by atoms with Crippen LogP contribution in [0.1, 0.15) is 27.2 Å². The average Bonchev–Trinajstić information content (AvgIpc) is 2.26. The van der Waals surface area contributed by atoms with Gasteiger partial charge in [0.25, 0.3) is 0 Å². The van der Waals surface area contributed by atoms with Crippen LogP contribution < -0.4 is 10.6 Å². The fraction of sp³-hybridized carbons (Fsp3) is 0.846. The maximum Gasteiger partial charge on any atom is 0.315 e. The van der Waals surface area contributed by atoms with Crippen molar-refractivity contribution in [2.75, 3.05) is 27.2 Å². The van der Waals surface area contributed by atoms with Crippen LogP contribution in [0.25, 0.3) is 0 Å². The third-order valence-corrected chi connectivity index (χ3v) is 2.97. The Balaban J connectivity index is 4.03. The summed E-state index contributed by atoms with van der Waals surface area (Å²) in [6, 6.07) is -0.162. The quantitative estimate of drug-likeness (QED) is 0.616. The molecule has 2 amide bonds. The monoisotopic (exact) mass is 273 g/mol. The number of hydrogen-bond donors (Lipinski definition) is 3. The molecule has 0 bridgehead atoms. The number of nitrogens with zero attached hydrogens (tertiary/aromatic N) is 1. The van der Waals surface area contributed by atoms with Gasteiger partial charge in [0, 0.05) is 19.1 Å². The zero-order chi connectivity index (χ0) is 15.0. The van der Waals surface area contributed by atoms with Gasteiger partial charge in [-0.25, -0.2) is 4.79 Å². The molecule has 3 N–H and O–H groups in total. The fourth-order valence-corrected chi connectivity index (χ4v) is 1.56. The highest BCUT2D eigenvalue weighted by molar-refractivity contribution is 5.74. The first kappa shape index (κ1) is 17.7. The van der Waals surface area contributed by atoms with E-state index in [-0.39, 0.29) is 12.1 Å². The van der Waals surface area contributed by atoms with E-state index in [0.717, 1.165) is 6.54 Å². The zero-order valence-corrected chi connectivity index (χ0v) is 12.6. The van der Waals surface area contributed by atoms with Crippen LogP contribution in [0.4, 0.5) is 4.79 Å². The number of nitrogens with one attached hydrogen (secondary N) is 2. The molecule has 0 spiro atoms. The summed E-state index contributed by atoms with van der Waals surface area (Å²) in [5.74, 6) is -0.941. The van der Waals surface area contributed by atoms with Crippen LogP contribution in [0.15, 0.2) is 0 Å². The molecule has 6 nitrogen and oxygen atoms in total. The molecule has 0 aromatic carbocycles. The van der Waals surface area contributed by atoms with Crippen molar-refractivity contribution in [3.63, 3.8) is 0 Å². The number of carbonyl (C=O) groups is 2. The molecule has 2 unspecified atom stereocenters. The Kier molecular flexibility index (Phi) is 8.14. The molecule has 0 aromatic heterocycles. The van der Waals surface area contributed by atoms with E-state index in [2.05, 4.69) is 24.5 Å². The normalized spacial score (nSPS) is 14.3. The van der Waals surface area contributed by atoms with Crippen molar-refractivity contribution >= 4 is 12.0 Å². The Hall–Kier alpha value is -1.30. The second-order valence-electron chi connectivity index (χ2n) is 5.54. The SMILES string of the molecule is CC(CCNC(=O)NC(CN(C)C)C(C)C)C(=O)O. The Morgan fingerprint density at radius 2 is 1.79 bits per heavy atom. The molecule has 0 aromatic rings. The molecule has 0 aliphatic heterocycles. The summed E-state index contributed by atoms with van der Waals surface area (Å²) in [4.78, 5) is 24.4. The molecule has 0 aliphatic carbocycles. The molecule has 2 atom stereocenters. The van der Waals surface area contributed by atoms with Gasteiger partial charge in [-0.1, -0.05) is 20.8 Å². The van der Waals surface area contributed by atoms with Gasteiger partial charge in [0.05, 0.1) is 5.92 Å². The van der Waals surface area contributed by atoms with Crippen LogP contribution in [-0.4, -0.2) is 55.2 Å². The highest BCUT2D eigenvalue weighted by Crippen LogP contribution is 2.03. The van der Waals surface area contributed by atoms with Crippen LogP contribution >= 0.6 is 0 Å². The lowest BCUT2D eigenvalue weighted by Crippen LogP contribution is -2.49. The van der Waals surface area contributed by atoms with Crippen molar-refractivity contribution in [3.05, 3.63) is 0 Å². The zero-order valence-electron chi connectivity index (χ0n) is 12.6. The number of likely N-dealkylation sites (N-methyl/N-ethyl adjacent to an activating group) is 1. The number of carboxylic acids is 1. The first-order valence-corrected chi connectivity index (χ1v) is 6.66. The number of aliphatic carboxylic acids is 1. The molecule has 0 saturated heterocycles. The van der Waals surface area contributed by atoms with E-state index in [4.69, 9.17) is 5.11 Å². The van der Waals surface area contributed by atoms with E-state index in [1.54, 1.807) is 6.92 Å². The fourth-order valence-electron chi connectivity index (χ4n) is 1.56. The van der Waals surface area contributed by atoms with Gasteiger partial charge in [-0.2, -0.15) is 0 Å². The van der Waals surface area contributed by atoms with Crippen molar-refractivity contribution < 1.29 is 14.7 Å². The van der Waals surface area contributed by atoms with Crippen LogP contribution in [0.5, 0.6) is 0 Å². The first-order chi connectivity index (χ1) is 8.73. The minimum absolute atomic E-state index is 0.0758. The smallest absolute Gasteiger partial charge is 0.315 e. The first-order valence-electron chi connectivity index (χ1n) is 6.66. The molecule has 0 saturated carbocycles. The van der Waals surface area contributed by atoms with Crippen molar-refractivity contribution in [1.29, 1.82) is 0 Å². The number of carbonyl (C=O) groups excluding carboxylic acids is 1. The minimum Gasteiger partial charge on any atom is -0.481 e. The van der Waals surface area contributed by atoms with Crippen molar-refractivity contribution in [2.45, 2.75) is 33.2 Å². The third-order valence-electron chi connectivity index (χ3n) is 2.97. The lowest BCUT2D eigenvalue weighted by molar-refractivity contribution is -0.141. The Bertz CT molecular complexity index is 293. The van der Waals surface area contributed by atoms with E-state index < -0.39 is 11.9 Å². The van der Waals surface area contributed by atoms with Crippen LogP contribution in [0.2, 0.25) is 0 Å². The molecular weight excluding hydrogens is 246 g/mol. The molecule has 0 radical (unpaired) electrons. The van der Waals surface area contributed by atoms with Gasteiger partial charge >= 0.3 is 12.0 Å². The Labute approximate surface area is 115 Å². The second-order valence-corrected chi connectivity index (χ2v) is 5.54. The lowest BCUT2D eigenvalue weighted by Gasteiger charge is -2.25. The summed E-state index contributed by atoms with van der Waals surface area (Å²) in [7, 11) is 3.92. The number of urea groups is 1. The maximum absolute atomic E-state index is 11.7. The van der Waals surface area contributed by atoms with Crippen molar-refractivity contribution in [2.24, 2.45) is 11.8 Å². The van der Waals surface area contributed by atoms with Gasteiger partial charge < -0.3 is 20.6 Å². The lowest BCUT2D eigenvalue weighted by atomic mass is 10.0. The number of amides is 2. The van der Waals surface area contributed by atoms with Gasteiger partial charge in [0.1, 0.15) is 0 Å². The average molecular weight is 273 g/mol. The van der Waals surface area contributed by atoms with Crippen LogP contribution in [0, 0.1) is 11.8 Å². The maximum atomic E-state index is 11.7. The molecule has 6 heteroatoms. The Morgan fingerprint density at radius 3 is 2.21 bits per heavy atom. The molecule has 112 valence electrons. The third kappa shape index (κ3) is 8.42. The number of carboxylic acid groups (broad SMARTS) is 1. The minimum atomic E-state index is -0.838. The van der Waals surface area contributed by atoms with E-state index in [1.165, 1.54) is 0 Å². The van der Waals surface area contributed by atoms with Crippen LogP contribution in [-0.2, 0) is 4.79 Å². The largest absolute Gasteiger partial charge is 0.481 e. The summed E-state index contributed by atoms with van der Waals surface area (Å²) >= 11 is 0. The van der Waals surface area contributed by atoms with E-state index in [9.17, 15) is 9.59 Å². The summed E-state index contributed by atoms with van der Waals surface area (Å²) in [5.41, 5.74) is 0.